The van der Waals surface area contributed by atoms with E-state index in [1.807, 2.05) is 0 Å². The van der Waals surface area contributed by atoms with Crippen molar-refractivity contribution in [2.45, 2.75) is 285 Å². The molecule has 0 aromatic carbocycles. The van der Waals surface area contributed by atoms with Crippen LogP contribution in [0.3, 0.4) is 0 Å². The third-order valence-corrected chi connectivity index (χ3v) is 11.8. The van der Waals surface area contributed by atoms with Crippen molar-refractivity contribution in [2.24, 2.45) is 11.8 Å². The summed E-state index contributed by atoms with van der Waals surface area (Å²) in [6, 6.07) is 0. The summed E-state index contributed by atoms with van der Waals surface area (Å²) in [6.45, 7) is 11.4. The maximum Gasteiger partial charge on any atom is 0.306 e. The summed E-state index contributed by atoms with van der Waals surface area (Å²) in [5.41, 5.74) is 0. The van der Waals surface area contributed by atoms with Crippen molar-refractivity contribution in [3.8, 4) is 0 Å². The largest absolute Gasteiger partial charge is 0.462 e. The zero-order chi connectivity index (χ0) is 41.9. The van der Waals surface area contributed by atoms with Gasteiger partial charge in [0.2, 0.25) is 0 Å². The van der Waals surface area contributed by atoms with Gasteiger partial charge in [0.15, 0.2) is 6.10 Å². The van der Waals surface area contributed by atoms with E-state index in [1.54, 1.807) is 0 Å². The number of unbranched alkanes of at least 4 members (excludes halogenated alkanes) is 29. The first kappa shape index (κ1) is 55.4. The zero-order valence-corrected chi connectivity index (χ0v) is 39.0. The molecule has 0 bridgehead atoms. The summed E-state index contributed by atoms with van der Waals surface area (Å²) >= 11 is 0. The molecule has 0 amide bonds. The minimum Gasteiger partial charge on any atom is -0.462 e. The van der Waals surface area contributed by atoms with Crippen molar-refractivity contribution in [3.05, 3.63) is 0 Å². The molecule has 0 saturated heterocycles. The smallest absolute Gasteiger partial charge is 0.306 e. The summed E-state index contributed by atoms with van der Waals surface area (Å²) in [5, 5.41) is 0. The highest BCUT2D eigenvalue weighted by Crippen LogP contribution is 2.17. The summed E-state index contributed by atoms with van der Waals surface area (Å²) in [5.74, 6) is 0.812. The van der Waals surface area contributed by atoms with Crippen LogP contribution in [0.1, 0.15) is 279 Å². The lowest BCUT2D eigenvalue weighted by Gasteiger charge is -2.18. The summed E-state index contributed by atoms with van der Waals surface area (Å²) in [7, 11) is 0. The lowest BCUT2D eigenvalue weighted by molar-refractivity contribution is -0.167. The number of hydrogen-bond acceptors (Lipinski definition) is 6. The lowest BCUT2D eigenvalue weighted by Crippen LogP contribution is -2.30. The van der Waals surface area contributed by atoms with Gasteiger partial charge in [0.25, 0.3) is 0 Å². The van der Waals surface area contributed by atoms with Gasteiger partial charge in [-0.3, -0.25) is 14.4 Å². The highest BCUT2D eigenvalue weighted by atomic mass is 16.6. The highest BCUT2D eigenvalue weighted by molar-refractivity contribution is 5.71. The van der Waals surface area contributed by atoms with E-state index in [2.05, 4.69) is 34.6 Å². The monoisotopic (exact) mass is 807 g/mol. The average molecular weight is 807 g/mol. The van der Waals surface area contributed by atoms with Gasteiger partial charge in [-0.1, -0.05) is 240 Å². The van der Waals surface area contributed by atoms with Gasteiger partial charge in [-0.05, 0) is 31.1 Å². The van der Waals surface area contributed by atoms with E-state index in [-0.39, 0.29) is 31.1 Å². The van der Waals surface area contributed by atoms with Crippen molar-refractivity contribution in [2.75, 3.05) is 13.2 Å². The van der Waals surface area contributed by atoms with Crippen molar-refractivity contribution in [1.82, 2.24) is 0 Å². The Labute approximate surface area is 355 Å². The molecule has 0 radical (unpaired) electrons. The summed E-state index contributed by atoms with van der Waals surface area (Å²) in [4.78, 5) is 37.9. The van der Waals surface area contributed by atoms with Gasteiger partial charge in [-0.15, -0.1) is 0 Å². The Kier molecular flexibility index (Phi) is 42.7. The minimum absolute atomic E-state index is 0.0643. The number of rotatable bonds is 45. The van der Waals surface area contributed by atoms with Crippen molar-refractivity contribution in [1.29, 1.82) is 0 Å². The third kappa shape index (κ3) is 43.8. The van der Waals surface area contributed by atoms with E-state index in [0.717, 1.165) is 69.6 Å². The molecule has 0 rings (SSSR count). The van der Waals surface area contributed by atoms with E-state index in [0.29, 0.717) is 19.3 Å². The number of carbonyl (C=O) groups excluding carboxylic acids is 3. The van der Waals surface area contributed by atoms with Gasteiger partial charge in [0.05, 0.1) is 0 Å². The molecule has 0 N–H and O–H groups in total. The molecule has 1 unspecified atom stereocenters. The molecule has 6 heteroatoms. The molecular weight excluding hydrogens is 709 g/mol. The van der Waals surface area contributed by atoms with Gasteiger partial charge >= 0.3 is 17.9 Å². The first-order valence-corrected chi connectivity index (χ1v) is 25.3. The Hall–Kier alpha value is -1.59. The van der Waals surface area contributed by atoms with E-state index in [9.17, 15) is 14.4 Å². The molecule has 0 spiro atoms. The predicted octanol–water partition coefficient (Wildman–Crippen LogP) is 16.1. The van der Waals surface area contributed by atoms with Crippen LogP contribution in [0.5, 0.6) is 0 Å². The van der Waals surface area contributed by atoms with E-state index >= 15 is 0 Å². The van der Waals surface area contributed by atoms with Crippen LogP contribution >= 0.6 is 0 Å². The second-order valence-corrected chi connectivity index (χ2v) is 18.2. The molecule has 0 aliphatic rings. The van der Waals surface area contributed by atoms with Gasteiger partial charge in [-0.25, -0.2) is 0 Å². The van der Waals surface area contributed by atoms with E-state index in [1.165, 1.54) is 167 Å². The lowest BCUT2D eigenvalue weighted by atomic mass is 9.99. The van der Waals surface area contributed by atoms with Crippen LogP contribution in [0.4, 0.5) is 0 Å². The molecule has 2 atom stereocenters. The average Bonchev–Trinajstić information content (AvgIpc) is 3.19. The van der Waals surface area contributed by atoms with Crippen LogP contribution in [-0.4, -0.2) is 37.2 Å². The maximum atomic E-state index is 12.8. The topological polar surface area (TPSA) is 78.9 Å². The van der Waals surface area contributed by atoms with Crippen LogP contribution in [-0.2, 0) is 28.6 Å². The van der Waals surface area contributed by atoms with Crippen molar-refractivity contribution >= 4 is 17.9 Å². The molecule has 338 valence electrons. The quantitative estimate of drug-likeness (QED) is 0.0346. The molecule has 0 aromatic rings. The second-order valence-electron chi connectivity index (χ2n) is 18.2. The number of esters is 3. The molecule has 0 fully saturated rings. The fourth-order valence-corrected chi connectivity index (χ4v) is 7.60. The third-order valence-electron chi connectivity index (χ3n) is 11.8. The van der Waals surface area contributed by atoms with Crippen LogP contribution < -0.4 is 0 Å². The Morgan fingerprint density at radius 2 is 0.667 bits per heavy atom. The molecule has 0 aromatic heterocycles. The Bertz CT molecular complexity index is 872. The summed E-state index contributed by atoms with van der Waals surface area (Å²) < 4.78 is 16.8. The Morgan fingerprint density at radius 1 is 0.368 bits per heavy atom. The fourth-order valence-electron chi connectivity index (χ4n) is 7.60. The summed E-state index contributed by atoms with van der Waals surface area (Å²) in [6.07, 6.45) is 43.7. The standard InChI is InChI=1S/C51H98O6/c1-6-8-9-10-11-12-13-14-15-16-20-26-31-36-41-49(52)55-44-48(57-51(54)43-38-33-28-23-22-25-30-35-40-47(5)7-2)45-56-50(53)42-37-32-27-21-18-17-19-24-29-34-39-46(3)4/h46-48H,6-45H2,1-5H3/t47?,48-/m1/s1. The molecule has 57 heavy (non-hydrogen) atoms. The van der Waals surface area contributed by atoms with Crippen LogP contribution in [0.15, 0.2) is 0 Å². The van der Waals surface area contributed by atoms with Crippen LogP contribution in [0.25, 0.3) is 0 Å². The Morgan fingerprint density at radius 3 is 1.00 bits per heavy atom. The van der Waals surface area contributed by atoms with Gasteiger partial charge < -0.3 is 14.2 Å². The molecule has 0 saturated carbocycles. The number of carbonyl (C=O) groups is 3. The maximum absolute atomic E-state index is 12.8. The highest BCUT2D eigenvalue weighted by Gasteiger charge is 2.19. The SMILES string of the molecule is CCCCCCCCCCCCCCCCC(=O)OC[C@H](COC(=O)CCCCCCCCCCCCC(C)C)OC(=O)CCCCCCCCCCC(C)CC. The molecular formula is C51H98O6. The fraction of sp³-hybridized carbons (Fsp3) is 0.941. The number of ether oxygens (including phenoxy) is 3. The Balaban J connectivity index is 4.33. The first-order chi connectivity index (χ1) is 27.8. The van der Waals surface area contributed by atoms with E-state index < -0.39 is 6.10 Å². The first-order valence-electron chi connectivity index (χ1n) is 25.3. The van der Waals surface area contributed by atoms with E-state index in [4.69, 9.17) is 14.2 Å². The number of hydrogen-bond donors (Lipinski definition) is 0. The second kappa shape index (κ2) is 44.0. The van der Waals surface area contributed by atoms with Crippen molar-refractivity contribution < 1.29 is 28.6 Å². The van der Waals surface area contributed by atoms with Gasteiger partial charge in [0.1, 0.15) is 13.2 Å². The van der Waals surface area contributed by atoms with Gasteiger partial charge in [0, 0.05) is 19.3 Å². The molecule has 0 aliphatic carbocycles. The molecule has 0 heterocycles. The molecule has 0 aliphatic heterocycles. The molecule has 6 nitrogen and oxygen atoms in total. The predicted molar refractivity (Wildman–Crippen MR) is 243 cm³/mol. The van der Waals surface area contributed by atoms with Crippen LogP contribution in [0, 0.1) is 11.8 Å². The minimum atomic E-state index is -0.762. The van der Waals surface area contributed by atoms with Crippen LogP contribution in [0.2, 0.25) is 0 Å². The zero-order valence-electron chi connectivity index (χ0n) is 39.0. The van der Waals surface area contributed by atoms with Gasteiger partial charge in [-0.2, -0.15) is 0 Å². The normalized spacial score (nSPS) is 12.5. The van der Waals surface area contributed by atoms with Crippen molar-refractivity contribution in [3.63, 3.8) is 0 Å².